The SMILES string of the molecule is COc1cccc(CC(=O)N2CCC(c3ccc(N(C)C)cc3)=N2)c1. The van der Waals surface area contributed by atoms with Crippen LogP contribution in [0.2, 0.25) is 0 Å². The van der Waals surface area contributed by atoms with Gasteiger partial charge in [0.25, 0.3) is 0 Å². The third-order valence-electron chi connectivity index (χ3n) is 4.30. The smallest absolute Gasteiger partial charge is 0.247 e. The average molecular weight is 337 g/mol. The molecule has 0 fully saturated rings. The van der Waals surface area contributed by atoms with Crippen LogP contribution < -0.4 is 9.64 Å². The number of hydrogen-bond acceptors (Lipinski definition) is 4. The Morgan fingerprint density at radius 3 is 2.64 bits per heavy atom. The van der Waals surface area contributed by atoms with Crippen LogP contribution in [0.4, 0.5) is 5.69 Å². The summed E-state index contributed by atoms with van der Waals surface area (Å²) in [5.41, 5.74) is 4.11. The van der Waals surface area contributed by atoms with E-state index in [0.29, 0.717) is 13.0 Å². The van der Waals surface area contributed by atoms with Crippen molar-refractivity contribution < 1.29 is 9.53 Å². The Kier molecular flexibility index (Phi) is 5.03. The van der Waals surface area contributed by atoms with Crippen molar-refractivity contribution in [1.29, 1.82) is 0 Å². The molecule has 0 spiro atoms. The lowest BCUT2D eigenvalue weighted by atomic mass is 10.1. The Morgan fingerprint density at radius 2 is 1.96 bits per heavy atom. The van der Waals surface area contributed by atoms with Gasteiger partial charge in [-0.15, -0.1) is 0 Å². The Bertz CT molecular complexity index is 782. The first-order chi connectivity index (χ1) is 12.1. The summed E-state index contributed by atoms with van der Waals surface area (Å²) in [6, 6.07) is 15.8. The van der Waals surface area contributed by atoms with E-state index in [1.54, 1.807) is 12.1 Å². The van der Waals surface area contributed by atoms with Gasteiger partial charge in [-0.2, -0.15) is 5.10 Å². The lowest BCUT2D eigenvalue weighted by molar-refractivity contribution is -0.130. The fourth-order valence-electron chi connectivity index (χ4n) is 2.84. The number of carbonyl (C=O) groups excluding carboxylic acids is 1. The molecule has 0 bridgehead atoms. The van der Waals surface area contributed by atoms with Crippen molar-refractivity contribution in [3.63, 3.8) is 0 Å². The molecule has 1 aliphatic heterocycles. The van der Waals surface area contributed by atoms with Gasteiger partial charge in [0.1, 0.15) is 5.75 Å². The molecule has 0 N–H and O–H groups in total. The first kappa shape index (κ1) is 17.0. The van der Waals surface area contributed by atoms with Crippen molar-refractivity contribution >= 4 is 17.3 Å². The Balaban J connectivity index is 1.68. The van der Waals surface area contributed by atoms with Gasteiger partial charge in [-0.25, -0.2) is 5.01 Å². The minimum absolute atomic E-state index is 0.00756. The van der Waals surface area contributed by atoms with E-state index in [2.05, 4.69) is 34.3 Å². The summed E-state index contributed by atoms with van der Waals surface area (Å²) in [5, 5.41) is 6.11. The molecule has 0 aliphatic carbocycles. The second-order valence-corrected chi connectivity index (χ2v) is 6.28. The highest BCUT2D eigenvalue weighted by molar-refractivity contribution is 6.03. The number of hydrogen-bond donors (Lipinski definition) is 0. The average Bonchev–Trinajstić information content (AvgIpc) is 3.12. The summed E-state index contributed by atoms with van der Waals surface area (Å²) < 4.78 is 5.21. The molecule has 1 aliphatic rings. The molecular weight excluding hydrogens is 314 g/mol. The molecule has 25 heavy (non-hydrogen) atoms. The lowest BCUT2D eigenvalue weighted by Gasteiger charge is -2.12. The van der Waals surface area contributed by atoms with Crippen LogP contribution in [0.3, 0.4) is 0 Å². The molecule has 0 atom stereocenters. The van der Waals surface area contributed by atoms with Crippen LogP contribution in [0.5, 0.6) is 5.75 Å². The third kappa shape index (κ3) is 3.99. The van der Waals surface area contributed by atoms with E-state index >= 15 is 0 Å². The van der Waals surface area contributed by atoms with E-state index in [1.165, 1.54) is 0 Å². The van der Waals surface area contributed by atoms with Crippen LogP contribution in [0.25, 0.3) is 0 Å². The number of anilines is 1. The maximum absolute atomic E-state index is 12.5. The molecule has 0 saturated heterocycles. The highest BCUT2D eigenvalue weighted by Gasteiger charge is 2.21. The number of methoxy groups -OCH3 is 1. The summed E-state index contributed by atoms with van der Waals surface area (Å²) in [7, 11) is 5.65. The van der Waals surface area contributed by atoms with Crippen molar-refractivity contribution in [3.8, 4) is 5.75 Å². The standard InChI is InChI=1S/C20H23N3O2/c1-22(2)17-9-7-16(8-10-17)19-11-12-23(21-19)20(24)14-15-5-4-6-18(13-15)25-3/h4-10,13H,11-12,14H2,1-3H3. The summed E-state index contributed by atoms with van der Waals surface area (Å²) >= 11 is 0. The minimum Gasteiger partial charge on any atom is -0.497 e. The number of ether oxygens (including phenoxy) is 1. The van der Waals surface area contributed by atoms with Crippen LogP contribution >= 0.6 is 0 Å². The predicted molar refractivity (Wildman–Crippen MR) is 100 cm³/mol. The molecule has 5 nitrogen and oxygen atoms in total. The van der Waals surface area contributed by atoms with Crippen LogP contribution in [0.1, 0.15) is 17.5 Å². The molecule has 2 aromatic rings. The highest BCUT2D eigenvalue weighted by atomic mass is 16.5. The Hall–Kier alpha value is -2.82. The van der Waals surface area contributed by atoms with E-state index in [0.717, 1.165) is 34.7 Å². The maximum Gasteiger partial charge on any atom is 0.247 e. The van der Waals surface area contributed by atoms with Gasteiger partial charge in [-0.05, 0) is 35.4 Å². The molecule has 0 saturated carbocycles. The summed E-state index contributed by atoms with van der Waals surface area (Å²) in [5.74, 6) is 0.769. The predicted octanol–water partition coefficient (Wildman–Crippen LogP) is 2.94. The van der Waals surface area contributed by atoms with Gasteiger partial charge in [0, 0.05) is 26.2 Å². The van der Waals surface area contributed by atoms with Crippen molar-refractivity contribution in [3.05, 3.63) is 59.7 Å². The first-order valence-electron chi connectivity index (χ1n) is 8.35. The molecule has 0 unspecified atom stereocenters. The zero-order valence-corrected chi connectivity index (χ0v) is 14.9. The number of benzene rings is 2. The molecule has 3 rings (SSSR count). The molecule has 2 aromatic carbocycles. The number of amides is 1. The van der Waals surface area contributed by atoms with E-state index in [-0.39, 0.29) is 5.91 Å². The Morgan fingerprint density at radius 1 is 1.20 bits per heavy atom. The summed E-state index contributed by atoms with van der Waals surface area (Å²) in [6.45, 7) is 0.633. The van der Waals surface area contributed by atoms with E-state index in [4.69, 9.17) is 4.74 Å². The summed E-state index contributed by atoms with van der Waals surface area (Å²) in [4.78, 5) is 14.6. The molecule has 0 radical (unpaired) electrons. The van der Waals surface area contributed by atoms with Crippen molar-refractivity contribution in [2.45, 2.75) is 12.8 Å². The molecule has 1 amide bonds. The molecule has 5 heteroatoms. The molecular formula is C20H23N3O2. The molecule has 0 aromatic heterocycles. The van der Waals surface area contributed by atoms with Gasteiger partial charge in [-0.1, -0.05) is 24.3 Å². The normalized spacial score (nSPS) is 13.6. The van der Waals surface area contributed by atoms with Gasteiger partial charge in [-0.3, -0.25) is 4.79 Å². The lowest BCUT2D eigenvalue weighted by Crippen LogP contribution is -2.25. The quantitative estimate of drug-likeness (QED) is 0.843. The highest BCUT2D eigenvalue weighted by Crippen LogP contribution is 2.19. The monoisotopic (exact) mass is 337 g/mol. The van der Waals surface area contributed by atoms with E-state index in [1.807, 2.05) is 38.4 Å². The van der Waals surface area contributed by atoms with Crippen LogP contribution in [0, 0.1) is 0 Å². The van der Waals surface area contributed by atoms with Gasteiger partial charge in [0.05, 0.1) is 25.8 Å². The van der Waals surface area contributed by atoms with E-state index in [9.17, 15) is 4.79 Å². The molecule has 1 heterocycles. The number of hydrazone groups is 1. The number of carbonyl (C=O) groups is 1. The van der Waals surface area contributed by atoms with Gasteiger partial charge >= 0.3 is 0 Å². The third-order valence-corrected chi connectivity index (χ3v) is 4.30. The largest absolute Gasteiger partial charge is 0.497 e. The number of nitrogens with zero attached hydrogens (tertiary/aromatic N) is 3. The van der Waals surface area contributed by atoms with Crippen LogP contribution in [-0.4, -0.2) is 44.4 Å². The zero-order valence-electron chi connectivity index (χ0n) is 14.9. The maximum atomic E-state index is 12.5. The fourth-order valence-corrected chi connectivity index (χ4v) is 2.84. The fraction of sp³-hybridized carbons (Fsp3) is 0.300. The van der Waals surface area contributed by atoms with Crippen molar-refractivity contribution in [1.82, 2.24) is 5.01 Å². The second-order valence-electron chi connectivity index (χ2n) is 6.28. The molecule has 130 valence electrons. The van der Waals surface area contributed by atoms with Gasteiger partial charge in [0.2, 0.25) is 5.91 Å². The number of rotatable bonds is 5. The van der Waals surface area contributed by atoms with Gasteiger partial charge in [0.15, 0.2) is 0 Å². The summed E-state index contributed by atoms with van der Waals surface area (Å²) in [6.07, 6.45) is 1.11. The van der Waals surface area contributed by atoms with Crippen LogP contribution in [-0.2, 0) is 11.2 Å². The Labute approximate surface area is 148 Å². The van der Waals surface area contributed by atoms with Gasteiger partial charge < -0.3 is 9.64 Å². The van der Waals surface area contributed by atoms with Crippen molar-refractivity contribution in [2.75, 3.05) is 32.6 Å². The second kappa shape index (κ2) is 7.38. The topological polar surface area (TPSA) is 45.1 Å². The van der Waals surface area contributed by atoms with E-state index < -0.39 is 0 Å². The zero-order chi connectivity index (χ0) is 17.8. The van der Waals surface area contributed by atoms with Crippen molar-refractivity contribution in [2.24, 2.45) is 5.10 Å². The first-order valence-corrected chi connectivity index (χ1v) is 8.35. The van der Waals surface area contributed by atoms with Crippen LogP contribution in [0.15, 0.2) is 53.6 Å². The minimum atomic E-state index is 0.00756.